The Hall–Kier alpha value is -1.65. The lowest BCUT2D eigenvalue weighted by molar-refractivity contribution is -0.112. The van der Waals surface area contributed by atoms with Gasteiger partial charge in [-0.2, -0.15) is 0 Å². The number of hydrogen-bond donors (Lipinski definition) is 2. The summed E-state index contributed by atoms with van der Waals surface area (Å²) in [6.45, 7) is 0.797. The van der Waals surface area contributed by atoms with Crippen molar-refractivity contribution in [2.24, 2.45) is 0 Å². The molecule has 0 spiro atoms. The number of aliphatic hydroxyl groups is 1. The van der Waals surface area contributed by atoms with Gasteiger partial charge in [-0.05, 0) is 13.0 Å². The molecule has 4 nitrogen and oxygen atoms in total. The van der Waals surface area contributed by atoms with Gasteiger partial charge in [-0.1, -0.05) is 24.3 Å². The zero-order chi connectivity index (χ0) is 13.8. The fraction of sp³-hybridized carbons (Fsp3) is 0.286. The summed E-state index contributed by atoms with van der Waals surface area (Å²) in [4.78, 5) is 23.8. The van der Waals surface area contributed by atoms with E-state index in [-0.39, 0.29) is 23.4 Å². The van der Waals surface area contributed by atoms with Crippen LogP contribution in [0.3, 0.4) is 0 Å². The van der Waals surface area contributed by atoms with E-state index in [1.54, 1.807) is 24.3 Å². The zero-order valence-corrected chi connectivity index (χ0v) is 11.0. The molecule has 0 saturated carbocycles. The highest BCUT2D eigenvalue weighted by molar-refractivity contribution is 6.52. The van der Waals surface area contributed by atoms with Crippen molar-refractivity contribution in [2.45, 2.75) is 6.42 Å². The van der Waals surface area contributed by atoms with Crippen molar-refractivity contribution in [2.75, 3.05) is 19.0 Å². The molecule has 2 N–H and O–H groups in total. The van der Waals surface area contributed by atoms with E-state index in [0.717, 1.165) is 6.42 Å². The van der Waals surface area contributed by atoms with Crippen molar-refractivity contribution >= 4 is 28.9 Å². The number of aliphatic hydroxyl groups excluding tert-OH is 1. The van der Waals surface area contributed by atoms with Crippen LogP contribution in [0.5, 0.6) is 0 Å². The predicted octanol–water partition coefficient (Wildman–Crippen LogP) is 1.94. The van der Waals surface area contributed by atoms with E-state index >= 15 is 0 Å². The third-order valence-corrected chi connectivity index (χ3v) is 3.25. The van der Waals surface area contributed by atoms with Gasteiger partial charge < -0.3 is 10.4 Å². The summed E-state index contributed by atoms with van der Waals surface area (Å²) < 4.78 is 0. The van der Waals surface area contributed by atoms with Gasteiger partial charge in [0, 0.05) is 23.6 Å². The van der Waals surface area contributed by atoms with Gasteiger partial charge in [0.2, 0.25) is 11.6 Å². The summed E-state index contributed by atoms with van der Waals surface area (Å²) in [7, 11) is 0. The number of carbonyl (C=O) groups is 2. The van der Waals surface area contributed by atoms with E-state index in [9.17, 15) is 14.7 Å². The van der Waals surface area contributed by atoms with Crippen molar-refractivity contribution in [3.63, 3.8) is 0 Å². The van der Waals surface area contributed by atoms with Gasteiger partial charge >= 0.3 is 0 Å². The standard InChI is InChI=1S/C14H14ClNO3/c15-6-3-7-16-8-11-12(17)9-4-1-2-5-10(9)13(18)14(11)19/h1-2,4-5,16-17H,3,6-8H2. The van der Waals surface area contributed by atoms with Gasteiger partial charge in [-0.3, -0.25) is 9.59 Å². The Bertz CT molecular complexity index is 551. The molecule has 1 aromatic rings. The van der Waals surface area contributed by atoms with Crippen molar-refractivity contribution < 1.29 is 14.7 Å². The highest BCUT2D eigenvalue weighted by Crippen LogP contribution is 2.27. The molecule has 0 aromatic heterocycles. The van der Waals surface area contributed by atoms with Crippen LogP contribution in [0, 0.1) is 0 Å². The molecule has 0 aliphatic heterocycles. The van der Waals surface area contributed by atoms with Gasteiger partial charge in [-0.15, -0.1) is 11.6 Å². The number of carbonyl (C=O) groups excluding carboxylic acids is 2. The quantitative estimate of drug-likeness (QED) is 0.491. The summed E-state index contributed by atoms with van der Waals surface area (Å²) in [5, 5.41) is 13.1. The van der Waals surface area contributed by atoms with Crippen LogP contribution in [0.1, 0.15) is 22.3 Å². The summed E-state index contributed by atoms with van der Waals surface area (Å²) in [6, 6.07) is 6.56. The maximum absolute atomic E-state index is 11.9. The fourth-order valence-corrected chi connectivity index (χ4v) is 2.12. The molecule has 0 saturated heterocycles. The minimum absolute atomic E-state index is 0.112. The Morgan fingerprint density at radius 2 is 1.79 bits per heavy atom. The first-order valence-electron chi connectivity index (χ1n) is 6.04. The smallest absolute Gasteiger partial charge is 0.234 e. The number of fused-ring (bicyclic) bond motifs is 1. The second kappa shape index (κ2) is 5.99. The van der Waals surface area contributed by atoms with Crippen LogP contribution in [0.25, 0.3) is 5.76 Å². The summed E-state index contributed by atoms with van der Waals surface area (Å²) >= 11 is 5.55. The summed E-state index contributed by atoms with van der Waals surface area (Å²) in [5.41, 5.74) is 0.800. The van der Waals surface area contributed by atoms with Gasteiger partial charge in [0.1, 0.15) is 5.76 Å². The number of ketones is 2. The summed E-state index contributed by atoms with van der Waals surface area (Å²) in [6.07, 6.45) is 0.758. The average molecular weight is 280 g/mol. The van der Waals surface area contributed by atoms with E-state index < -0.39 is 11.6 Å². The molecular weight excluding hydrogens is 266 g/mol. The highest BCUT2D eigenvalue weighted by Gasteiger charge is 2.31. The Labute approximate surface area is 116 Å². The number of hydrogen-bond acceptors (Lipinski definition) is 4. The average Bonchev–Trinajstić information content (AvgIpc) is 2.44. The van der Waals surface area contributed by atoms with Crippen LogP contribution in [-0.2, 0) is 4.79 Å². The SMILES string of the molecule is O=C1C(=O)c2ccccc2C(O)=C1CNCCCCl. The van der Waals surface area contributed by atoms with Crippen LogP contribution in [-0.4, -0.2) is 35.6 Å². The largest absolute Gasteiger partial charge is 0.507 e. The molecule has 0 unspecified atom stereocenters. The van der Waals surface area contributed by atoms with Crippen LogP contribution >= 0.6 is 11.6 Å². The Balaban J connectivity index is 2.27. The van der Waals surface area contributed by atoms with Crippen molar-refractivity contribution in [1.29, 1.82) is 0 Å². The molecule has 1 aromatic carbocycles. The maximum Gasteiger partial charge on any atom is 0.234 e. The number of nitrogens with one attached hydrogen (secondary N) is 1. The molecule has 0 atom stereocenters. The minimum atomic E-state index is -0.644. The first-order valence-corrected chi connectivity index (χ1v) is 6.57. The Morgan fingerprint density at radius 3 is 2.47 bits per heavy atom. The molecule has 0 radical (unpaired) electrons. The Kier molecular flexibility index (Phi) is 4.35. The molecule has 0 heterocycles. The van der Waals surface area contributed by atoms with E-state index in [1.165, 1.54) is 0 Å². The van der Waals surface area contributed by atoms with Gasteiger partial charge in [0.25, 0.3) is 0 Å². The van der Waals surface area contributed by atoms with Crippen molar-refractivity contribution in [3.8, 4) is 0 Å². The number of benzene rings is 1. The van der Waals surface area contributed by atoms with E-state index in [0.29, 0.717) is 18.0 Å². The van der Waals surface area contributed by atoms with Crippen LogP contribution in [0.15, 0.2) is 29.8 Å². The first-order chi connectivity index (χ1) is 9.16. The van der Waals surface area contributed by atoms with E-state index in [4.69, 9.17) is 11.6 Å². The first kappa shape index (κ1) is 13.8. The lowest BCUT2D eigenvalue weighted by Gasteiger charge is -2.17. The van der Waals surface area contributed by atoms with Gasteiger partial charge in [-0.25, -0.2) is 0 Å². The van der Waals surface area contributed by atoms with Crippen LogP contribution in [0.2, 0.25) is 0 Å². The fourth-order valence-electron chi connectivity index (χ4n) is 1.99. The zero-order valence-electron chi connectivity index (χ0n) is 10.3. The Morgan fingerprint density at radius 1 is 1.11 bits per heavy atom. The highest BCUT2D eigenvalue weighted by atomic mass is 35.5. The second-order valence-corrected chi connectivity index (χ2v) is 4.63. The monoisotopic (exact) mass is 279 g/mol. The topological polar surface area (TPSA) is 66.4 Å². The molecule has 2 rings (SSSR count). The maximum atomic E-state index is 11.9. The minimum Gasteiger partial charge on any atom is -0.507 e. The molecule has 0 amide bonds. The number of alkyl halides is 1. The molecule has 19 heavy (non-hydrogen) atoms. The lowest BCUT2D eigenvalue weighted by Crippen LogP contribution is -2.30. The molecule has 0 bridgehead atoms. The number of halogens is 1. The van der Waals surface area contributed by atoms with Gasteiger partial charge in [0.15, 0.2) is 0 Å². The normalized spacial score (nSPS) is 14.8. The van der Waals surface area contributed by atoms with Gasteiger partial charge in [0.05, 0.1) is 5.57 Å². The lowest BCUT2D eigenvalue weighted by atomic mass is 9.88. The predicted molar refractivity (Wildman–Crippen MR) is 73.5 cm³/mol. The molecule has 1 aliphatic rings. The number of Topliss-reactive ketones (excluding diaryl/α,β-unsaturated/α-hetero) is 2. The summed E-state index contributed by atoms with van der Waals surface area (Å²) in [5.74, 6) is -0.802. The molecule has 0 fully saturated rings. The molecular formula is C14H14ClNO3. The van der Waals surface area contributed by atoms with Crippen molar-refractivity contribution in [3.05, 3.63) is 41.0 Å². The van der Waals surface area contributed by atoms with Crippen LogP contribution < -0.4 is 5.32 Å². The molecule has 5 heteroatoms. The second-order valence-electron chi connectivity index (χ2n) is 4.25. The third-order valence-electron chi connectivity index (χ3n) is 2.98. The van der Waals surface area contributed by atoms with Crippen LogP contribution in [0.4, 0.5) is 0 Å². The molecule has 100 valence electrons. The van der Waals surface area contributed by atoms with Crippen molar-refractivity contribution in [1.82, 2.24) is 5.32 Å². The molecule has 1 aliphatic carbocycles. The number of rotatable bonds is 5. The third kappa shape index (κ3) is 2.69. The van der Waals surface area contributed by atoms with E-state index in [1.807, 2.05) is 0 Å². The van der Waals surface area contributed by atoms with E-state index in [2.05, 4.69) is 5.32 Å².